The van der Waals surface area contributed by atoms with Crippen LogP contribution in [0.3, 0.4) is 0 Å². The molecule has 0 radical (unpaired) electrons. The summed E-state index contributed by atoms with van der Waals surface area (Å²) >= 11 is 1.40. The predicted octanol–water partition coefficient (Wildman–Crippen LogP) is 5.13. The Hall–Kier alpha value is -3.19. The Kier molecular flexibility index (Phi) is 5.07. The molecule has 1 aromatic carbocycles. The maximum atomic E-state index is 12.7. The van der Waals surface area contributed by atoms with Crippen LogP contribution < -0.4 is 5.32 Å². The lowest BCUT2D eigenvalue weighted by molar-refractivity contribution is 0.102. The van der Waals surface area contributed by atoms with Crippen molar-refractivity contribution >= 4 is 22.4 Å². The molecule has 29 heavy (non-hydrogen) atoms. The van der Waals surface area contributed by atoms with Crippen LogP contribution in [0.25, 0.3) is 11.3 Å². The van der Waals surface area contributed by atoms with Gasteiger partial charge in [-0.25, -0.2) is 4.98 Å². The minimum Gasteiger partial charge on any atom is -0.466 e. The second-order valence-electron chi connectivity index (χ2n) is 7.10. The molecule has 0 aliphatic carbocycles. The molecule has 0 fully saturated rings. The van der Waals surface area contributed by atoms with E-state index in [9.17, 15) is 4.79 Å². The molecule has 0 unspecified atom stereocenters. The van der Waals surface area contributed by atoms with Gasteiger partial charge in [0.2, 0.25) is 0 Å². The van der Waals surface area contributed by atoms with Gasteiger partial charge < -0.3 is 4.42 Å². The fraction of sp³-hybridized carbons (Fsp3) is 0.227. The summed E-state index contributed by atoms with van der Waals surface area (Å²) in [4.78, 5) is 17.3. The van der Waals surface area contributed by atoms with E-state index in [1.54, 1.807) is 6.07 Å². The van der Waals surface area contributed by atoms with E-state index in [0.717, 1.165) is 39.7 Å². The number of anilines is 1. The number of aryl methyl sites for hydroxylation is 4. The van der Waals surface area contributed by atoms with E-state index in [0.29, 0.717) is 17.2 Å². The monoisotopic (exact) mass is 406 g/mol. The molecular formula is C22H22N4O2S. The Morgan fingerprint density at radius 2 is 2.00 bits per heavy atom. The van der Waals surface area contributed by atoms with E-state index in [-0.39, 0.29) is 5.91 Å². The summed E-state index contributed by atoms with van der Waals surface area (Å²) in [6.07, 6.45) is 0. The van der Waals surface area contributed by atoms with Crippen LogP contribution in [0.4, 0.5) is 5.13 Å². The molecule has 7 heteroatoms. The molecule has 3 aromatic heterocycles. The minimum atomic E-state index is -0.179. The smallest absolute Gasteiger partial charge is 0.257 e. The van der Waals surface area contributed by atoms with Crippen molar-refractivity contribution in [2.75, 3.05) is 5.32 Å². The highest BCUT2D eigenvalue weighted by molar-refractivity contribution is 7.14. The van der Waals surface area contributed by atoms with Crippen molar-refractivity contribution in [2.24, 2.45) is 0 Å². The average Bonchev–Trinajstić information content (AvgIpc) is 3.34. The van der Waals surface area contributed by atoms with E-state index in [4.69, 9.17) is 4.42 Å². The molecule has 4 rings (SSSR count). The summed E-state index contributed by atoms with van der Waals surface area (Å²) in [7, 11) is 0. The van der Waals surface area contributed by atoms with Gasteiger partial charge in [-0.15, -0.1) is 11.3 Å². The maximum Gasteiger partial charge on any atom is 0.257 e. The quantitative estimate of drug-likeness (QED) is 0.498. The van der Waals surface area contributed by atoms with Gasteiger partial charge in [0.25, 0.3) is 5.91 Å². The highest BCUT2D eigenvalue weighted by Crippen LogP contribution is 2.29. The topological polar surface area (TPSA) is 73.0 Å². The zero-order chi connectivity index (χ0) is 20.5. The van der Waals surface area contributed by atoms with E-state index in [1.165, 1.54) is 11.3 Å². The van der Waals surface area contributed by atoms with E-state index >= 15 is 0 Å². The van der Waals surface area contributed by atoms with Gasteiger partial charge in [-0.2, -0.15) is 5.10 Å². The van der Waals surface area contributed by atoms with Gasteiger partial charge in [-0.1, -0.05) is 12.1 Å². The van der Waals surface area contributed by atoms with Crippen molar-refractivity contribution in [2.45, 2.75) is 34.2 Å². The normalized spacial score (nSPS) is 11.0. The summed E-state index contributed by atoms with van der Waals surface area (Å²) in [6.45, 7) is 8.45. The number of hydrogen-bond acceptors (Lipinski definition) is 5. The third-order valence-electron chi connectivity index (χ3n) is 4.67. The Bertz CT molecular complexity index is 1190. The second-order valence-corrected chi connectivity index (χ2v) is 7.96. The highest BCUT2D eigenvalue weighted by Gasteiger charge is 2.14. The zero-order valence-electron chi connectivity index (χ0n) is 16.8. The van der Waals surface area contributed by atoms with E-state index in [1.807, 2.05) is 68.1 Å². The van der Waals surface area contributed by atoms with Crippen molar-refractivity contribution in [3.8, 4) is 11.3 Å². The number of aromatic nitrogens is 3. The van der Waals surface area contributed by atoms with E-state index < -0.39 is 0 Å². The zero-order valence-corrected chi connectivity index (χ0v) is 17.6. The lowest BCUT2D eigenvalue weighted by atomic mass is 10.1. The Morgan fingerprint density at radius 3 is 2.69 bits per heavy atom. The highest BCUT2D eigenvalue weighted by atomic mass is 32.1. The number of nitrogens with one attached hydrogen (secondary N) is 1. The van der Waals surface area contributed by atoms with Crippen LogP contribution in [0.5, 0.6) is 0 Å². The molecule has 148 valence electrons. The van der Waals surface area contributed by atoms with Gasteiger partial charge in [-0.3, -0.25) is 14.8 Å². The summed E-state index contributed by atoms with van der Waals surface area (Å²) in [5, 5.41) is 9.87. The van der Waals surface area contributed by atoms with Crippen molar-refractivity contribution in [3.05, 3.63) is 75.8 Å². The summed E-state index contributed by atoms with van der Waals surface area (Å²) < 4.78 is 7.51. The first kappa shape index (κ1) is 19.1. The molecule has 0 aliphatic heterocycles. The number of hydrogen-bond donors (Lipinski definition) is 1. The van der Waals surface area contributed by atoms with Gasteiger partial charge in [0, 0.05) is 22.2 Å². The number of carbonyl (C=O) groups excluding carboxylic acids is 1. The lowest BCUT2D eigenvalue weighted by Gasteiger charge is -2.07. The van der Waals surface area contributed by atoms with Crippen LogP contribution in [-0.2, 0) is 6.54 Å². The molecule has 4 aromatic rings. The molecule has 0 aliphatic rings. The standard InChI is InChI=1S/C22H22N4O2S/c1-13-8-14(2)26(25-13)11-17-6-5-7-18(10-17)21(27)24-22-23-20(12-29-22)19-9-15(3)28-16(19)4/h5-10,12H,11H2,1-4H3,(H,23,24,27). The maximum absolute atomic E-state index is 12.7. The first-order chi connectivity index (χ1) is 13.9. The third-order valence-corrected chi connectivity index (χ3v) is 5.42. The summed E-state index contributed by atoms with van der Waals surface area (Å²) in [5.74, 6) is 1.49. The average molecular weight is 407 g/mol. The minimum absolute atomic E-state index is 0.179. The first-order valence-electron chi connectivity index (χ1n) is 9.33. The fourth-order valence-electron chi connectivity index (χ4n) is 3.33. The molecule has 0 saturated heterocycles. The van der Waals surface area contributed by atoms with Crippen LogP contribution in [0.1, 0.15) is 38.8 Å². The number of nitrogens with zero attached hydrogens (tertiary/aromatic N) is 3. The fourth-order valence-corrected chi connectivity index (χ4v) is 4.03. The number of amides is 1. The van der Waals surface area contributed by atoms with Crippen LogP contribution in [0.2, 0.25) is 0 Å². The van der Waals surface area contributed by atoms with Gasteiger partial charge in [-0.05, 0) is 57.5 Å². The van der Waals surface area contributed by atoms with Crippen LogP contribution >= 0.6 is 11.3 Å². The van der Waals surface area contributed by atoms with Crippen molar-refractivity contribution in [3.63, 3.8) is 0 Å². The Labute approximate surface area is 173 Å². The number of rotatable bonds is 5. The van der Waals surface area contributed by atoms with Crippen LogP contribution in [-0.4, -0.2) is 20.7 Å². The summed E-state index contributed by atoms with van der Waals surface area (Å²) in [6, 6.07) is 11.6. The number of benzene rings is 1. The van der Waals surface area contributed by atoms with Crippen LogP contribution in [0.15, 0.2) is 46.2 Å². The number of furan rings is 1. The Morgan fingerprint density at radius 1 is 1.17 bits per heavy atom. The number of thiazole rings is 1. The summed E-state index contributed by atoms with van der Waals surface area (Å²) in [5.41, 5.74) is 5.45. The predicted molar refractivity (Wildman–Crippen MR) is 114 cm³/mol. The van der Waals surface area contributed by atoms with Crippen molar-refractivity contribution < 1.29 is 9.21 Å². The molecule has 0 spiro atoms. The molecule has 0 atom stereocenters. The van der Waals surface area contributed by atoms with E-state index in [2.05, 4.69) is 15.4 Å². The molecule has 0 saturated carbocycles. The SMILES string of the molecule is Cc1cc(C)n(Cc2cccc(C(=O)Nc3nc(-c4cc(C)oc4C)cs3)c2)n1. The molecule has 1 amide bonds. The largest absolute Gasteiger partial charge is 0.466 e. The van der Waals surface area contributed by atoms with Gasteiger partial charge in [0.15, 0.2) is 5.13 Å². The molecule has 6 nitrogen and oxygen atoms in total. The molecule has 1 N–H and O–H groups in total. The van der Waals surface area contributed by atoms with Gasteiger partial charge in [0.05, 0.1) is 17.9 Å². The number of carbonyl (C=O) groups is 1. The van der Waals surface area contributed by atoms with Gasteiger partial charge >= 0.3 is 0 Å². The van der Waals surface area contributed by atoms with Crippen molar-refractivity contribution in [1.82, 2.24) is 14.8 Å². The molecule has 3 heterocycles. The molecular weight excluding hydrogens is 384 g/mol. The Balaban J connectivity index is 1.49. The van der Waals surface area contributed by atoms with Gasteiger partial charge in [0.1, 0.15) is 11.5 Å². The molecule has 0 bridgehead atoms. The second kappa shape index (κ2) is 7.67. The van der Waals surface area contributed by atoms with Crippen LogP contribution in [0, 0.1) is 27.7 Å². The lowest BCUT2D eigenvalue weighted by Crippen LogP contribution is -2.12. The third kappa shape index (κ3) is 4.14. The first-order valence-corrected chi connectivity index (χ1v) is 10.2. The van der Waals surface area contributed by atoms with Crippen molar-refractivity contribution in [1.29, 1.82) is 0 Å².